The lowest BCUT2D eigenvalue weighted by Crippen LogP contribution is -2.39. The van der Waals surface area contributed by atoms with Gasteiger partial charge in [-0.05, 0) is 68.5 Å². The van der Waals surface area contributed by atoms with E-state index in [1.54, 1.807) is 0 Å². The second kappa shape index (κ2) is 9.16. The van der Waals surface area contributed by atoms with Crippen LogP contribution in [0.5, 0.6) is 0 Å². The van der Waals surface area contributed by atoms with Gasteiger partial charge in [0.05, 0.1) is 0 Å². The maximum absolute atomic E-state index is 12.8. The molecular weight excluding hydrogens is 336 g/mol. The van der Waals surface area contributed by atoms with E-state index in [9.17, 15) is 9.90 Å². The number of para-hydroxylation sites is 1. The van der Waals surface area contributed by atoms with Gasteiger partial charge in [0, 0.05) is 30.4 Å². The smallest absolute Gasteiger partial charge is 0.255 e. The van der Waals surface area contributed by atoms with E-state index in [0.717, 1.165) is 48.3 Å². The van der Waals surface area contributed by atoms with Crippen molar-refractivity contribution in [1.82, 2.24) is 4.90 Å². The van der Waals surface area contributed by atoms with Crippen molar-refractivity contribution in [1.29, 1.82) is 0 Å². The minimum Gasteiger partial charge on any atom is -0.396 e. The van der Waals surface area contributed by atoms with Crippen LogP contribution >= 0.6 is 0 Å². The van der Waals surface area contributed by atoms with E-state index in [-0.39, 0.29) is 12.5 Å². The highest BCUT2D eigenvalue weighted by molar-refractivity contribution is 6.05. The maximum Gasteiger partial charge on any atom is 0.255 e. The first-order valence-corrected chi connectivity index (χ1v) is 9.90. The zero-order chi connectivity index (χ0) is 19.2. The number of aliphatic hydroxyl groups is 1. The van der Waals surface area contributed by atoms with Crippen molar-refractivity contribution in [2.45, 2.75) is 52.1 Å². The van der Waals surface area contributed by atoms with Gasteiger partial charge in [-0.3, -0.25) is 9.69 Å². The van der Waals surface area contributed by atoms with Gasteiger partial charge in [-0.2, -0.15) is 0 Å². The van der Waals surface area contributed by atoms with E-state index in [2.05, 4.69) is 16.3 Å². The number of hydrogen-bond donors (Lipinski definition) is 2. The Bertz CT molecular complexity index is 765. The topological polar surface area (TPSA) is 52.6 Å². The second-order valence-corrected chi connectivity index (χ2v) is 7.55. The monoisotopic (exact) mass is 366 g/mol. The molecule has 4 heteroatoms. The van der Waals surface area contributed by atoms with E-state index in [1.165, 1.54) is 12.8 Å². The van der Waals surface area contributed by atoms with Crippen molar-refractivity contribution >= 4 is 11.6 Å². The van der Waals surface area contributed by atoms with Crippen molar-refractivity contribution in [2.24, 2.45) is 0 Å². The largest absolute Gasteiger partial charge is 0.396 e. The van der Waals surface area contributed by atoms with Crippen molar-refractivity contribution in [2.75, 3.05) is 18.5 Å². The van der Waals surface area contributed by atoms with Crippen LogP contribution in [0.4, 0.5) is 5.69 Å². The van der Waals surface area contributed by atoms with Crippen molar-refractivity contribution < 1.29 is 9.90 Å². The molecule has 2 aromatic rings. The van der Waals surface area contributed by atoms with Crippen LogP contribution in [0.3, 0.4) is 0 Å². The molecule has 1 atom stereocenters. The molecule has 2 N–H and O–H groups in total. The quantitative estimate of drug-likeness (QED) is 0.802. The van der Waals surface area contributed by atoms with E-state index >= 15 is 0 Å². The number of nitrogens with one attached hydrogen (secondary N) is 1. The average molecular weight is 367 g/mol. The molecule has 0 radical (unpaired) electrons. The Balaban J connectivity index is 1.72. The Morgan fingerprint density at radius 3 is 2.63 bits per heavy atom. The van der Waals surface area contributed by atoms with Gasteiger partial charge in [0.1, 0.15) is 0 Å². The molecule has 1 aliphatic heterocycles. The standard InChI is InChI=1S/C23H30N2O2/c1-17-7-5-8-18(2)22(17)24-23(27)20-10-6-9-19(15-20)16-25-13-4-3-11-21(25)12-14-26/h5-10,15,21,26H,3-4,11-14,16H2,1-2H3,(H,24,27)/t21-/m1/s1. The van der Waals surface area contributed by atoms with Gasteiger partial charge in [-0.1, -0.05) is 36.8 Å². The molecule has 2 aromatic carbocycles. The minimum atomic E-state index is -0.0696. The van der Waals surface area contributed by atoms with Crippen LogP contribution in [0, 0.1) is 13.8 Å². The molecule has 0 aliphatic carbocycles. The molecule has 27 heavy (non-hydrogen) atoms. The normalized spacial score (nSPS) is 17.7. The van der Waals surface area contributed by atoms with Crippen LogP contribution in [-0.4, -0.2) is 35.1 Å². The van der Waals surface area contributed by atoms with Crippen LogP contribution in [0.15, 0.2) is 42.5 Å². The van der Waals surface area contributed by atoms with Crippen LogP contribution in [0.1, 0.15) is 52.7 Å². The highest BCUT2D eigenvalue weighted by atomic mass is 16.3. The number of nitrogens with zero attached hydrogens (tertiary/aromatic N) is 1. The number of anilines is 1. The average Bonchev–Trinajstić information content (AvgIpc) is 2.67. The summed E-state index contributed by atoms with van der Waals surface area (Å²) in [6.45, 7) is 6.14. The molecule has 1 saturated heterocycles. The van der Waals surface area contributed by atoms with E-state index in [1.807, 2.05) is 50.2 Å². The van der Waals surface area contributed by atoms with Gasteiger partial charge >= 0.3 is 0 Å². The number of likely N-dealkylation sites (tertiary alicyclic amines) is 1. The number of aryl methyl sites for hydroxylation is 2. The van der Waals surface area contributed by atoms with E-state index in [4.69, 9.17) is 0 Å². The molecule has 3 rings (SSSR count). The molecule has 0 spiro atoms. The number of piperidine rings is 1. The number of benzene rings is 2. The fourth-order valence-electron chi connectivity index (χ4n) is 3.99. The molecule has 1 heterocycles. The third kappa shape index (κ3) is 4.96. The molecular formula is C23H30N2O2. The first-order chi connectivity index (χ1) is 13.1. The number of hydrogen-bond acceptors (Lipinski definition) is 3. The fourth-order valence-corrected chi connectivity index (χ4v) is 3.99. The minimum absolute atomic E-state index is 0.0696. The van der Waals surface area contributed by atoms with Crippen LogP contribution < -0.4 is 5.32 Å². The summed E-state index contributed by atoms with van der Waals surface area (Å²) in [4.78, 5) is 15.2. The Morgan fingerprint density at radius 2 is 1.89 bits per heavy atom. The number of rotatable bonds is 6. The van der Waals surface area contributed by atoms with Crippen molar-refractivity contribution in [3.63, 3.8) is 0 Å². The molecule has 0 saturated carbocycles. The first-order valence-electron chi connectivity index (χ1n) is 9.90. The predicted molar refractivity (Wildman–Crippen MR) is 110 cm³/mol. The summed E-state index contributed by atoms with van der Waals surface area (Å²) < 4.78 is 0. The Hall–Kier alpha value is -2.17. The summed E-state index contributed by atoms with van der Waals surface area (Å²) in [6.07, 6.45) is 4.41. The maximum atomic E-state index is 12.8. The summed E-state index contributed by atoms with van der Waals surface area (Å²) in [7, 11) is 0. The van der Waals surface area contributed by atoms with E-state index < -0.39 is 0 Å². The van der Waals surface area contributed by atoms with E-state index in [0.29, 0.717) is 11.6 Å². The Morgan fingerprint density at radius 1 is 1.15 bits per heavy atom. The Labute approximate surface area is 162 Å². The van der Waals surface area contributed by atoms with Crippen molar-refractivity contribution in [3.8, 4) is 0 Å². The predicted octanol–water partition coefficient (Wildman–Crippen LogP) is 4.29. The molecule has 1 fully saturated rings. The van der Waals surface area contributed by atoms with Gasteiger partial charge in [-0.15, -0.1) is 0 Å². The molecule has 0 bridgehead atoms. The third-order valence-corrected chi connectivity index (χ3v) is 5.51. The van der Waals surface area contributed by atoms with Crippen LogP contribution in [0.25, 0.3) is 0 Å². The summed E-state index contributed by atoms with van der Waals surface area (Å²) in [5.74, 6) is -0.0696. The molecule has 1 amide bonds. The number of carbonyl (C=O) groups is 1. The summed E-state index contributed by atoms with van der Waals surface area (Å²) in [5.41, 5.74) is 4.87. The molecule has 0 unspecified atom stereocenters. The number of amides is 1. The lowest BCUT2D eigenvalue weighted by Gasteiger charge is -2.35. The van der Waals surface area contributed by atoms with Gasteiger partial charge in [0.15, 0.2) is 0 Å². The second-order valence-electron chi connectivity index (χ2n) is 7.55. The molecule has 144 valence electrons. The van der Waals surface area contributed by atoms with Gasteiger partial charge in [0.25, 0.3) is 5.91 Å². The lowest BCUT2D eigenvalue weighted by atomic mass is 9.98. The fraction of sp³-hybridized carbons (Fsp3) is 0.435. The molecule has 0 aromatic heterocycles. The van der Waals surface area contributed by atoms with Crippen LogP contribution in [-0.2, 0) is 6.54 Å². The SMILES string of the molecule is Cc1cccc(C)c1NC(=O)c1cccc(CN2CCCC[C@@H]2CCO)c1. The highest BCUT2D eigenvalue weighted by Gasteiger charge is 2.22. The number of carbonyl (C=O) groups excluding carboxylic acids is 1. The zero-order valence-electron chi connectivity index (χ0n) is 16.4. The van der Waals surface area contributed by atoms with Gasteiger partial charge in [-0.25, -0.2) is 0 Å². The summed E-state index contributed by atoms with van der Waals surface area (Å²) in [6, 6.07) is 14.4. The van der Waals surface area contributed by atoms with Gasteiger partial charge < -0.3 is 10.4 Å². The summed E-state index contributed by atoms with van der Waals surface area (Å²) in [5, 5.41) is 12.4. The van der Waals surface area contributed by atoms with Crippen LogP contribution in [0.2, 0.25) is 0 Å². The Kier molecular flexibility index (Phi) is 6.64. The number of aliphatic hydroxyl groups excluding tert-OH is 1. The van der Waals surface area contributed by atoms with Gasteiger partial charge in [0.2, 0.25) is 0 Å². The third-order valence-electron chi connectivity index (χ3n) is 5.51. The molecule has 1 aliphatic rings. The highest BCUT2D eigenvalue weighted by Crippen LogP contribution is 2.23. The van der Waals surface area contributed by atoms with Crippen molar-refractivity contribution in [3.05, 3.63) is 64.7 Å². The zero-order valence-corrected chi connectivity index (χ0v) is 16.4. The summed E-state index contributed by atoms with van der Waals surface area (Å²) >= 11 is 0. The molecule has 4 nitrogen and oxygen atoms in total. The lowest BCUT2D eigenvalue weighted by molar-refractivity contribution is 0.102. The first kappa shape index (κ1) is 19.6.